The van der Waals surface area contributed by atoms with Crippen molar-refractivity contribution in [3.8, 4) is 0 Å². The number of nitrogens with one attached hydrogen (secondary N) is 1. The molecule has 0 unspecified atom stereocenters. The highest BCUT2D eigenvalue weighted by molar-refractivity contribution is 6.00. The lowest BCUT2D eigenvalue weighted by Gasteiger charge is -2.15. The largest absolute Gasteiger partial charge is 0.465 e. The number of pyridine rings is 1. The number of amides is 1. The minimum Gasteiger partial charge on any atom is -0.465 e. The maximum absolute atomic E-state index is 12.6. The maximum atomic E-state index is 12.6. The van der Waals surface area contributed by atoms with Crippen LogP contribution in [0.2, 0.25) is 0 Å². The Balaban J connectivity index is 2.26. The van der Waals surface area contributed by atoms with Crippen LogP contribution in [-0.4, -0.2) is 24.0 Å². The Labute approximate surface area is 148 Å². The third-order valence-electron chi connectivity index (χ3n) is 4.15. The summed E-state index contributed by atoms with van der Waals surface area (Å²) < 4.78 is 4.73. The van der Waals surface area contributed by atoms with Crippen molar-refractivity contribution in [1.82, 2.24) is 4.98 Å². The Kier molecular flexibility index (Phi) is 6.28. The van der Waals surface area contributed by atoms with Gasteiger partial charge >= 0.3 is 5.97 Å². The lowest BCUT2D eigenvalue weighted by molar-refractivity contribution is -0.115. The van der Waals surface area contributed by atoms with Gasteiger partial charge in [0, 0.05) is 6.20 Å². The van der Waals surface area contributed by atoms with E-state index in [1.165, 1.54) is 30.0 Å². The third kappa shape index (κ3) is 4.44. The maximum Gasteiger partial charge on any atom is 0.341 e. The molecule has 0 radical (unpaired) electrons. The highest BCUT2D eigenvalue weighted by Gasteiger charge is 2.17. The summed E-state index contributed by atoms with van der Waals surface area (Å²) in [7, 11) is 1.30. The monoisotopic (exact) mass is 340 g/mol. The number of aromatic nitrogens is 1. The van der Waals surface area contributed by atoms with E-state index in [1.807, 2.05) is 0 Å². The summed E-state index contributed by atoms with van der Waals surface area (Å²) in [6.45, 7) is 6.24. The number of anilines is 1. The van der Waals surface area contributed by atoms with Crippen LogP contribution in [0.5, 0.6) is 0 Å². The third-order valence-corrected chi connectivity index (χ3v) is 4.15. The van der Waals surface area contributed by atoms with Gasteiger partial charge in [0.2, 0.25) is 5.91 Å². The van der Waals surface area contributed by atoms with Crippen molar-refractivity contribution in [2.24, 2.45) is 0 Å². The average Bonchev–Trinajstić information content (AvgIpc) is 2.62. The molecule has 0 saturated heterocycles. The first-order valence-corrected chi connectivity index (χ1v) is 8.44. The Bertz CT molecular complexity index is 759. The van der Waals surface area contributed by atoms with Gasteiger partial charge in [-0.15, -0.1) is 0 Å². The van der Waals surface area contributed by atoms with E-state index in [2.05, 4.69) is 43.2 Å². The van der Waals surface area contributed by atoms with Crippen LogP contribution in [0.4, 0.5) is 5.82 Å². The fourth-order valence-electron chi connectivity index (χ4n) is 2.95. The van der Waals surface area contributed by atoms with Crippen molar-refractivity contribution >= 4 is 17.7 Å². The van der Waals surface area contributed by atoms with Gasteiger partial charge in [-0.1, -0.05) is 31.5 Å². The van der Waals surface area contributed by atoms with Crippen molar-refractivity contribution < 1.29 is 14.3 Å². The number of nitrogens with zero attached hydrogens (tertiary/aromatic N) is 1. The van der Waals surface area contributed by atoms with Gasteiger partial charge in [-0.25, -0.2) is 9.78 Å². The second-order valence-electron chi connectivity index (χ2n) is 5.88. The smallest absolute Gasteiger partial charge is 0.341 e. The van der Waals surface area contributed by atoms with Crippen LogP contribution in [0.15, 0.2) is 30.5 Å². The molecule has 5 nitrogen and oxygen atoms in total. The number of carbonyl (C=O) groups excluding carboxylic acids is 2. The first-order valence-electron chi connectivity index (χ1n) is 8.44. The molecule has 0 bridgehead atoms. The van der Waals surface area contributed by atoms with Gasteiger partial charge in [-0.3, -0.25) is 4.79 Å². The number of carbonyl (C=O) groups is 2. The van der Waals surface area contributed by atoms with E-state index in [0.29, 0.717) is 0 Å². The van der Waals surface area contributed by atoms with Crippen molar-refractivity contribution in [2.75, 3.05) is 12.4 Å². The lowest BCUT2D eigenvalue weighted by atomic mass is 9.92. The second-order valence-corrected chi connectivity index (χ2v) is 5.88. The molecule has 0 aliphatic heterocycles. The molecule has 0 fully saturated rings. The number of rotatable bonds is 6. The van der Waals surface area contributed by atoms with E-state index in [4.69, 9.17) is 4.74 Å². The number of aryl methyl sites for hydroxylation is 3. The number of ether oxygens (including phenoxy) is 1. The molecule has 1 amide bonds. The van der Waals surface area contributed by atoms with Gasteiger partial charge in [0.1, 0.15) is 11.4 Å². The average molecular weight is 340 g/mol. The molecule has 2 aromatic rings. The van der Waals surface area contributed by atoms with Crippen molar-refractivity contribution in [1.29, 1.82) is 0 Å². The van der Waals surface area contributed by atoms with Crippen LogP contribution < -0.4 is 5.32 Å². The van der Waals surface area contributed by atoms with Crippen LogP contribution >= 0.6 is 0 Å². The molecule has 1 aromatic heterocycles. The molecular formula is C20H24N2O3. The van der Waals surface area contributed by atoms with Gasteiger partial charge in [0.05, 0.1) is 13.5 Å². The SMILES string of the molecule is CCc1cc(C)cc(CC)c1CC(=O)Nc1ncccc1C(=O)OC. The summed E-state index contributed by atoms with van der Waals surface area (Å²) in [4.78, 5) is 28.5. The van der Waals surface area contributed by atoms with Crippen LogP contribution in [0.1, 0.15) is 46.5 Å². The summed E-state index contributed by atoms with van der Waals surface area (Å²) in [6.07, 6.45) is 3.52. The highest BCUT2D eigenvalue weighted by Crippen LogP contribution is 2.21. The normalized spacial score (nSPS) is 10.4. The molecule has 0 atom stereocenters. The first kappa shape index (κ1) is 18.6. The van der Waals surface area contributed by atoms with Crippen molar-refractivity contribution in [3.05, 3.63) is 58.3 Å². The molecule has 5 heteroatoms. The van der Waals surface area contributed by atoms with E-state index < -0.39 is 5.97 Å². The van der Waals surface area contributed by atoms with Crippen molar-refractivity contribution in [2.45, 2.75) is 40.0 Å². The van der Waals surface area contributed by atoms with Gasteiger partial charge in [-0.05, 0) is 48.6 Å². The standard InChI is InChI=1S/C20H24N2O3/c1-5-14-10-13(3)11-15(6-2)17(14)12-18(23)22-19-16(20(24)25-4)8-7-9-21-19/h7-11H,5-6,12H2,1-4H3,(H,21,22,23). The Morgan fingerprint density at radius 3 is 2.36 bits per heavy atom. The zero-order valence-corrected chi connectivity index (χ0v) is 15.2. The summed E-state index contributed by atoms with van der Waals surface area (Å²) in [5.41, 5.74) is 4.87. The molecule has 132 valence electrons. The van der Waals surface area contributed by atoms with Crippen molar-refractivity contribution in [3.63, 3.8) is 0 Å². The summed E-state index contributed by atoms with van der Waals surface area (Å²) in [5, 5.41) is 2.74. The lowest BCUT2D eigenvalue weighted by Crippen LogP contribution is -2.20. The van der Waals surface area contributed by atoms with Crippen LogP contribution in [0, 0.1) is 6.92 Å². The van der Waals surface area contributed by atoms with Gasteiger partial charge in [-0.2, -0.15) is 0 Å². The van der Waals surface area contributed by atoms with Gasteiger partial charge in [0.15, 0.2) is 0 Å². The fraction of sp³-hybridized carbons (Fsp3) is 0.350. The van der Waals surface area contributed by atoms with Crippen LogP contribution in [0.25, 0.3) is 0 Å². The van der Waals surface area contributed by atoms with E-state index in [-0.39, 0.29) is 23.7 Å². The number of hydrogen-bond donors (Lipinski definition) is 1. The zero-order chi connectivity index (χ0) is 18.4. The second kappa shape index (κ2) is 8.42. The Morgan fingerprint density at radius 2 is 1.80 bits per heavy atom. The molecule has 1 heterocycles. The minimum absolute atomic E-state index is 0.197. The molecule has 2 rings (SSSR count). The summed E-state index contributed by atoms with van der Waals surface area (Å²) >= 11 is 0. The molecule has 25 heavy (non-hydrogen) atoms. The topological polar surface area (TPSA) is 68.3 Å². The van der Waals surface area contributed by atoms with E-state index >= 15 is 0 Å². The molecule has 0 aliphatic rings. The number of hydrogen-bond acceptors (Lipinski definition) is 4. The van der Waals surface area contributed by atoms with Crippen LogP contribution in [0.3, 0.4) is 0 Å². The minimum atomic E-state index is -0.526. The fourth-order valence-corrected chi connectivity index (χ4v) is 2.95. The Morgan fingerprint density at radius 1 is 1.16 bits per heavy atom. The predicted molar refractivity (Wildman–Crippen MR) is 97.8 cm³/mol. The number of esters is 1. The molecule has 1 N–H and O–H groups in total. The molecule has 1 aromatic carbocycles. The zero-order valence-electron chi connectivity index (χ0n) is 15.2. The summed E-state index contributed by atoms with van der Waals surface area (Å²) in [5.74, 6) is -0.498. The highest BCUT2D eigenvalue weighted by atomic mass is 16.5. The Hall–Kier alpha value is -2.69. The summed E-state index contributed by atoms with van der Waals surface area (Å²) in [6, 6.07) is 7.46. The molecule has 0 saturated carbocycles. The van der Waals surface area contributed by atoms with Gasteiger partial charge < -0.3 is 10.1 Å². The first-order chi connectivity index (χ1) is 12.0. The van der Waals surface area contributed by atoms with E-state index in [9.17, 15) is 9.59 Å². The quantitative estimate of drug-likeness (QED) is 0.818. The van der Waals surface area contributed by atoms with E-state index in [1.54, 1.807) is 12.1 Å². The number of benzene rings is 1. The number of methoxy groups -OCH3 is 1. The molecular weight excluding hydrogens is 316 g/mol. The predicted octanol–water partition coefficient (Wildman–Crippen LogP) is 3.48. The van der Waals surface area contributed by atoms with Gasteiger partial charge in [0.25, 0.3) is 0 Å². The molecule has 0 spiro atoms. The van der Waals surface area contributed by atoms with E-state index in [0.717, 1.165) is 18.4 Å². The van der Waals surface area contributed by atoms with Crippen LogP contribution in [-0.2, 0) is 28.8 Å². The molecule has 0 aliphatic carbocycles.